The number of benzene rings is 1. The predicted octanol–water partition coefficient (Wildman–Crippen LogP) is 1.91. The average molecular weight is 304 g/mol. The van der Waals surface area contributed by atoms with Crippen molar-refractivity contribution < 1.29 is 14.7 Å². The number of carbonyl (C=O) groups is 2. The van der Waals surface area contributed by atoms with Crippen molar-refractivity contribution in [1.82, 2.24) is 10.2 Å². The zero-order chi connectivity index (χ0) is 16.1. The Morgan fingerprint density at radius 2 is 2.00 bits per heavy atom. The van der Waals surface area contributed by atoms with Crippen LogP contribution in [0.5, 0.6) is 0 Å². The molecule has 120 valence electrons. The molecule has 0 saturated carbocycles. The van der Waals surface area contributed by atoms with Crippen LogP contribution in [0.3, 0.4) is 0 Å². The van der Waals surface area contributed by atoms with Crippen molar-refractivity contribution in [3.8, 4) is 0 Å². The summed E-state index contributed by atoms with van der Waals surface area (Å²) < 4.78 is 0. The molecule has 1 aromatic rings. The van der Waals surface area contributed by atoms with Crippen LogP contribution in [0.15, 0.2) is 30.3 Å². The Morgan fingerprint density at radius 3 is 2.59 bits per heavy atom. The zero-order valence-electron chi connectivity index (χ0n) is 13.2. The van der Waals surface area contributed by atoms with E-state index in [0.717, 1.165) is 19.5 Å². The highest BCUT2D eigenvalue weighted by molar-refractivity contribution is 5.86. The molecule has 2 atom stereocenters. The van der Waals surface area contributed by atoms with Crippen LogP contribution in [-0.2, 0) is 9.59 Å². The standard InChI is InChI=1S/C17H24N2O3/c1-12(2)10-19-9-8-14(11-19)16(20)18-15(17(21)22)13-6-4-3-5-7-13/h3-7,12,14-15H,8-11H2,1-2H3,(H,18,20)(H,21,22)/t14?,15-/m1/s1. The van der Waals surface area contributed by atoms with Gasteiger partial charge in [0, 0.05) is 13.1 Å². The molecule has 0 aromatic heterocycles. The van der Waals surface area contributed by atoms with Gasteiger partial charge in [-0.3, -0.25) is 4.79 Å². The molecule has 1 unspecified atom stereocenters. The van der Waals surface area contributed by atoms with E-state index in [2.05, 4.69) is 24.1 Å². The quantitative estimate of drug-likeness (QED) is 0.842. The molecule has 5 heteroatoms. The molecular weight excluding hydrogens is 280 g/mol. The Balaban J connectivity index is 1.97. The normalized spacial score (nSPS) is 20.0. The summed E-state index contributed by atoms with van der Waals surface area (Å²) in [4.78, 5) is 26.1. The molecule has 0 bridgehead atoms. The lowest BCUT2D eigenvalue weighted by Gasteiger charge is -2.19. The molecule has 0 aliphatic carbocycles. The fraction of sp³-hybridized carbons (Fsp3) is 0.529. The van der Waals surface area contributed by atoms with Crippen LogP contribution in [0.4, 0.5) is 0 Å². The highest BCUT2D eigenvalue weighted by atomic mass is 16.4. The smallest absolute Gasteiger partial charge is 0.330 e. The van der Waals surface area contributed by atoms with Gasteiger partial charge in [0.25, 0.3) is 0 Å². The van der Waals surface area contributed by atoms with Crippen molar-refractivity contribution in [2.24, 2.45) is 11.8 Å². The van der Waals surface area contributed by atoms with Gasteiger partial charge in [0.2, 0.25) is 5.91 Å². The fourth-order valence-electron chi connectivity index (χ4n) is 2.92. The van der Waals surface area contributed by atoms with Crippen molar-refractivity contribution >= 4 is 11.9 Å². The first-order valence-corrected chi connectivity index (χ1v) is 7.78. The number of carboxylic acids is 1. The minimum atomic E-state index is -1.03. The van der Waals surface area contributed by atoms with Crippen LogP contribution in [0, 0.1) is 11.8 Å². The maximum Gasteiger partial charge on any atom is 0.330 e. The number of likely N-dealkylation sites (tertiary alicyclic amines) is 1. The molecule has 1 heterocycles. The summed E-state index contributed by atoms with van der Waals surface area (Å²) >= 11 is 0. The van der Waals surface area contributed by atoms with Crippen molar-refractivity contribution in [3.05, 3.63) is 35.9 Å². The van der Waals surface area contributed by atoms with Crippen LogP contribution >= 0.6 is 0 Å². The van der Waals surface area contributed by atoms with Crippen LogP contribution < -0.4 is 5.32 Å². The SMILES string of the molecule is CC(C)CN1CCC(C(=O)N[C@@H](C(=O)O)c2ccccc2)C1. The van der Waals surface area contributed by atoms with E-state index in [1.807, 2.05) is 6.07 Å². The lowest BCUT2D eigenvalue weighted by molar-refractivity contribution is -0.142. The third-order valence-corrected chi connectivity index (χ3v) is 3.93. The number of hydrogen-bond acceptors (Lipinski definition) is 3. The molecule has 1 fully saturated rings. The number of carbonyl (C=O) groups excluding carboxylic acids is 1. The van der Waals surface area contributed by atoms with Crippen LogP contribution in [0.1, 0.15) is 31.9 Å². The van der Waals surface area contributed by atoms with Crippen LogP contribution in [0.25, 0.3) is 0 Å². The van der Waals surface area contributed by atoms with E-state index >= 15 is 0 Å². The van der Waals surface area contributed by atoms with Gasteiger partial charge in [-0.2, -0.15) is 0 Å². The predicted molar refractivity (Wildman–Crippen MR) is 84.3 cm³/mol. The minimum Gasteiger partial charge on any atom is -0.479 e. The maximum absolute atomic E-state index is 12.4. The van der Waals surface area contributed by atoms with Gasteiger partial charge >= 0.3 is 5.97 Å². The molecule has 1 aliphatic heterocycles. The summed E-state index contributed by atoms with van der Waals surface area (Å²) in [6.07, 6.45) is 0.791. The number of carboxylic acid groups (broad SMARTS) is 1. The van der Waals surface area contributed by atoms with Gasteiger partial charge in [0.1, 0.15) is 0 Å². The van der Waals surface area contributed by atoms with E-state index in [1.165, 1.54) is 0 Å². The Bertz CT molecular complexity index is 516. The number of nitrogens with zero attached hydrogens (tertiary/aromatic N) is 1. The zero-order valence-corrected chi connectivity index (χ0v) is 13.2. The molecule has 2 rings (SSSR count). The second-order valence-electron chi connectivity index (χ2n) is 6.33. The number of rotatable bonds is 6. The lowest BCUT2D eigenvalue weighted by atomic mass is 10.0. The summed E-state index contributed by atoms with van der Waals surface area (Å²) in [7, 11) is 0. The number of hydrogen-bond donors (Lipinski definition) is 2. The molecule has 22 heavy (non-hydrogen) atoms. The second-order valence-corrected chi connectivity index (χ2v) is 6.33. The minimum absolute atomic E-state index is 0.121. The fourth-order valence-corrected chi connectivity index (χ4v) is 2.92. The first-order valence-electron chi connectivity index (χ1n) is 7.78. The summed E-state index contributed by atoms with van der Waals surface area (Å²) in [5.41, 5.74) is 0.598. The highest BCUT2D eigenvalue weighted by Gasteiger charge is 2.31. The first-order chi connectivity index (χ1) is 10.5. The number of amides is 1. The monoisotopic (exact) mass is 304 g/mol. The molecule has 1 amide bonds. The molecule has 1 aromatic carbocycles. The van der Waals surface area contributed by atoms with Gasteiger partial charge in [0.15, 0.2) is 6.04 Å². The van der Waals surface area contributed by atoms with E-state index in [9.17, 15) is 14.7 Å². The third kappa shape index (κ3) is 4.31. The van der Waals surface area contributed by atoms with Crippen molar-refractivity contribution in [2.75, 3.05) is 19.6 Å². The average Bonchev–Trinajstić information content (AvgIpc) is 2.93. The molecule has 0 spiro atoms. The first kappa shape index (κ1) is 16.5. The van der Waals surface area contributed by atoms with Gasteiger partial charge in [-0.25, -0.2) is 4.79 Å². The topological polar surface area (TPSA) is 69.6 Å². The van der Waals surface area contributed by atoms with Gasteiger partial charge in [-0.15, -0.1) is 0 Å². The van der Waals surface area contributed by atoms with E-state index in [0.29, 0.717) is 18.0 Å². The Labute approximate surface area is 131 Å². The van der Waals surface area contributed by atoms with E-state index in [1.54, 1.807) is 24.3 Å². The summed E-state index contributed by atoms with van der Waals surface area (Å²) in [5.74, 6) is -0.749. The van der Waals surface area contributed by atoms with Crippen LogP contribution in [0.2, 0.25) is 0 Å². The molecule has 5 nitrogen and oxygen atoms in total. The second kappa shape index (κ2) is 7.40. The lowest BCUT2D eigenvalue weighted by Crippen LogP contribution is -2.39. The highest BCUT2D eigenvalue weighted by Crippen LogP contribution is 2.20. The van der Waals surface area contributed by atoms with Crippen LogP contribution in [-0.4, -0.2) is 41.5 Å². The summed E-state index contributed by atoms with van der Waals surface area (Å²) in [6.45, 7) is 6.90. The Hall–Kier alpha value is -1.88. The Morgan fingerprint density at radius 1 is 1.32 bits per heavy atom. The summed E-state index contributed by atoms with van der Waals surface area (Å²) in [5, 5.41) is 12.0. The number of nitrogens with one attached hydrogen (secondary N) is 1. The van der Waals surface area contributed by atoms with Gasteiger partial charge in [-0.05, 0) is 24.4 Å². The van der Waals surface area contributed by atoms with Crippen molar-refractivity contribution in [1.29, 1.82) is 0 Å². The molecule has 1 saturated heterocycles. The molecular formula is C17H24N2O3. The summed E-state index contributed by atoms with van der Waals surface area (Å²) in [6, 6.07) is 7.84. The molecule has 2 N–H and O–H groups in total. The van der Waals surface area contributed by atoms with Gasteiger partial charge in [-0.1, -0.05) is 44.2 Å². The van der Waals surface area contributed by atoms with E-state index in [-0.39, 0.29) is 11.8 Å². The van der Waals surface area contributed by atoms with Gasteiger partial charge in [0.05, 0.1) is 5.92 Å². The number of aliphatic carboxylic acids is 1. The van der Waals surface area contributed by atoms with Crippen molar-refractivity contribution in [3.63, 3.8) is 0 Å². The Kier molecular flexibility index (Phi) is 5.55. The van der Waals surface area contributed by atoms with Crippen molar-refractivity contribution in [2.45, 2.75) is 26.3 Å². The third-order valence-electron chi connectivity index (χ3n) is 3.93. The largest absolute Gasteiger partial charge is 0.479 e. The maximum atomic E-state index is 12.4. The van der Waals surface area contributed by atoms with Gasteiger partial charge < -0.3 is 15.3 Å². The molecule has 1 aliphatic rings. The van der Waals surface area contributed by atoms with E-state index < -0.39 is 12.0 Å². The van der Waals surface area contributed by atoms with E-state index in [4.69, 9.17) is 0 Å². The molecule has 0 radical (unpaired) electrons.